The smallest absolute Gasteiger partial charge is 0.132 e. The summed E-state index contributed by atoms with van der Waals surface area (Å²) in [6, 6.07) is 4.53. The van der Waals surface area contributed by atoms with Gasteiger partial charge in [0.05, 0.1) is 12.7 Å². The predicted octanol–water partition coefficient (Wildman–Crippen LogP) is 2.62. The quantitative estimate of drug-likeness (QED) is 0.788. The van der Waals surface area contributed by atoms with Crippen molar-refractivity contribution in [2.75, 3.05) is 18.6 Å². The van der Waals surface area contributed by atoms with Gasteiger partial charge in [-0.1, -0.05) is 0 Å². The molecule has 15 heavy (non-hydrogen) atoms. The molecular formula is C11H15FO2S. The van der Waals surface area contributed by atoms with Crippen LogP contribution in [0.4, 0.5) is 4.39 Å². The Morgan fingerprint density at radius 3 is 2.80 bits per heavy atom. The lowest BCUT2D eigenvalue weighted by Crippen LogP contribution is -2.01. The molecular weight excluding hydrogens is 215 g/mol. The molecule has 0 radical (unpaired) electrons. The molecule has 1 aromatic carbocycles. The Hall–Kier alpha value is -0.740. The van der Waals surface area contributed by atoms with E-state index >= 15 is 0 Å². The average molecular weight is 230 g/mol. The fraction of sp³-hybridized carbons (Fsp3) is 0.455. The second-order valence-corrected chi connectivity index (χ2v) is 4.19. The Kier molecular flexibility index (Phi) is 4.91. The third-order valence-corrected chi connectivity index (χ3v) is 2.55. The van der Waals surface area contributed by atoms with Crippen molar-refractivity contribution < 1.29 is 14.2 Å². The summed E-state index contributed by atoms with van der Waals surface area (Å²) in [5, 5.41) is 9.23. The number of hydrogen-bond acceptors (Lipinski definition) is 3. The summed E-state index contributed by atoms with van der Waals surface area (Å²) in [5.41, 5.74) is 0.298. The van der Waals surface area contributed by atoms with Crippen LogP contribution in [-0.2, 0) is 0 Å². The number of thioether (sulfide) groups is 1. The van der Waals surface area contributed by atoms with Gasteiger partial charge in [-0.25, -0.2) is 4.39 Å². The minimum absolute atomic E-state index is 0.298. The predicted molar refractivity (Wildman–Crippen MR) is 60.9 cm³/mol. The molecule has 1 aromatic rings. The largest absolute Gasteiger partial charge is 0.493 e. The summed E-state index contributed by atoms with van der Waals surface area (Å²) in [6.07, 6.45) is 1.20. The van der Waals surface area contributed by atoms with Crippen molar-refractivity contribution in [1.82, 2.24) is 0 Å². The van der Waals surface area contributed by atoms with Crippen LogP contribution in [0, 0.1) is 5.82 Å². The average Bonchev–Trinajstić information content (AvgIpc) is 2.17. The van der Waals surface area contributed by atoms with E-state index in [9.17, 15) is 9.50 Å². The van der Waals surface area contributed by atoms with Crippen molar-refractivity contribution in [3.05, 3.63) is 29.6 Å². The van der Waals surface area contributed by atoms with Gasteiger partial charge in [0.15, 0.2) is 0 Å². The van der Waals surface area contributed by atoms with E-state index in [0.717, 1.165) is 5.75 Å². The molecule has 4 heteroatoms. The maximum absolute atomic E-state index is 13.4. The van der Waals surface area contributed by atoms with Crippen molar-refractivity contribution in [2.24, 2.45) is 0 Å². The van der Waals surface area contributed by atoms with Gasteiger partial charge in [0, 0.05) is 17.4 Å². The van der Waals surface area contributed by atoms with Crippen molar-refractivity contribution >= 4 is 11.8 Å². The normalized spacial score (nSPS) is 12.5. The van der Waals surface area contributed by atoms with E-state index in [1.54, 1.807) is 23.9 Å². The Labute approximate surface area is 93.5 Å². The minimum Gasteiger partial charge on any atom is -0.493 e. The first kappa shape index (κ1) is 12.3. The molecule has 0 aliphatic carbocycles. The molecule has 2 nitrogen and oxygen atoms in total. The lowest BCUT2D eigenvalue weighted by molar-refractivity contribution is 0.194. The molecule has 0 fully saturated rings. The highest BCUT2D eigenvalue weighted by Crippen LogP contribution is 2.21. The summed E-state index contributed by atoms with van der Waals surface area (Å²) in [5.74, 6) is 0.956. The fourth-order valence-corrected chi connectivity index (χ4v) is 1.43. The number of halogens is 1. The molecule has 1 rings (SSSR count). The van der Waals surface area contributed by atoms with Gasteiger partial charge in [0.1, 0.15) is 11.6 Å². The highest BCUT2D eigenvalue weighted by atomic mass is 32.2. The van der Waals surface area contributed by atoms with E-state index in [1.807, 2.05) is 6.26 Å². The van der Waals surface area contributed by atoms with Crippen molar-refractivity contribution in [3.8, 4) is 5.75 Å². The molecule has 0 aliphatic rings. The number of hydrogen-bond donors (Lipinski definition) is 1. The molecule has 0 saturated heterocycles. The second kappa shape index (κ2) is 5.98. The zero-order chi connectivity index (χ0) is 11.3. The molecule has 0 saturated carbocycles. The number of aliphatic hydroxyl groups excluding tert-OH is 1. The SMILES string of the molecule is CSCCOc1ccc([C@H](C)O)c(F)c1. The number of rotatable bonds is 5. The zero-order valence-corrected chi connectivity index (χ0v) is 9.68. The van der Waals surface area contributed by atoms with E-state index in [1.165, 1.54) is 13.0 Å². The molecule has 84 valence electrons. The van der Waals surface area contributed by atoms with Crippen LogP contribution in [0.15, 0.2) is 18.2 Å². The molecule has 0 heterocycles. The van der Waals surface area contributed by atoms with E-state index in [4.69, 9.17) is 4.74 Å². The van der Waals surface area contributed by atoms with Crippen LogP contribution in [0.1, 0.15) is 18.6 Å². The van der Waals surface area contributed by atoms with Crippen LogP contribution in [-0.4, -0.2) is 23.7 Å². The van der Waals surface area contributed by atoms with E-state index in [-0.39, 0.29) is 0 Å². The van der Waals surface area contributed by atoms with Crippen LogP contribution >= 0.6 is 11.8 Å². The van der Waals surface area contributed by atoms with Crippen molar-refractivity contribution in [3.63, 3.8) is 0 Å². The standard InChI is InChI=1S/C11H15FO2S/c1-8(13)10-4-3-9(7-11(10)12)14-5-6-15-2/h3-4,7-8,13H,5-6H2,1-2H3/t8-/m0/s1. The zero-order valence-electron chi connectivity index (χ0n) is 8.87. The highest BCUT2D eigenvalue weighted by Gasteiger charge is 2.08. The van der Waals surface area contributed by atoms with Gasteiger partial charge < -0.3 is 9.84 Å². The van der Waals surface area contributed by atoms with Gasteiger partial charge in [0.25, 0.3) is 0 Å². The lowest BCUT2D eigenvalue weighted by atomic mass is 10.1. The molecule has 0 aliphatic heterocycles. The monoisotopic (exact) mass is 230 g/mol. The molecule has 0 amide bonds. The Bertz CT molecular complexity index is 315. The third-order valence-electron chi connectivity index (χ3n) is 1.98. The lowest BCUT2D eigenvalue weighted by Gasteiger charge is -2.09. The van der Waals surface area contributed by atoms with E-state index in [0.29, 0.717) is 17.9 Å². The molecule has 0 unspecified atom stereocenters. The first-order chi connectivity index (χ1) is 7.15. The van der Waals surface area contributed by atoms with E-state index < -0.39 is 11.9 Å². The minimum atomic E-state index is -0.787. The molecule has 1 N–H and O–H groups in total. The van der Waals surface area contributed by atoms with Gasteiger partial charge in [-0.3, -0.25) is 0 Å². The van der Waals surface area contributed by atoms with Crippen LogP contribution in [0.5, 0.6) is 5.75 Å². The van der Waals surface area contributed by atoms with Crippen LogP contribution in [0.25, 0.3) is 0 Å². The van der Waals surface area contributed by atoms with Gasteiger partial charge in [-0.15, -0.1) is 0 Å². The third kappa shape index (κ3) is 3.72. The molecule has 0 aromatic heterocycles. The van der Waals surface area contributed by atoms with Gasteiger partial charge in [0.2, 0.25) is 0 Å². The number of benzene rings is 1. The van der Waals surface area contributed by atoms with Crippen molar-refractivity contribution in [1.29, 1.82) is 0 Å². The maximum Gasteiger partial charge on any atom is 0.132 e. The van der Waals surface area contributed by atoms with Crippen LogP contribution in [0.2, 0.25) is 0 Å². The number of aliphatic hydroxyl groups is 1. The van der Waals surface area contributed by atoms with Crippen molar-refractivity contribution in [2.45, 2.75) is 13.0 Å². The molecule has 0 spiro atoms. The summed E-state index contributed by atoms with van der Waals surface area (Å²) in [6.45, 7) is 2.10. The Morgan fingerprint density at radius 1 is 1.53 bits per heavy atom. The van der Waals surface area contributed by atoms with Gasteiger partial charge in [-0.05, 0) is 25.3 Å². The Morgan fingerprint density at radius 2 is 2.27 bits per heavy atom. The summed E-state index contributed by atoms with van der Waals surface area (Å²) >= 11 is 1.67. The van der Waals surface area contributed by atoms with Gasteiger partial charge >= 0.3 is 0 Å². The van der Waals surface area contributed by atoms with Crippen LogP contribution < -0.4 is 4.74 Å². The summed E-state index contributed by atoms with van der Waals surface area (Å²) in [7, 11) is 0. The summed E-state index contributed by atoms with van der Waals surface area (Å²) in [4.78, 5) is 0. The maximum atomic E-state index is 13.4. The first-order valence-corrected chi connectivity index (χ1v) is 6.13. The highest BCUT2D eigenvalue weighted by molar-refractivity contribution is 7.98. The van der Waals surface area contributed by atoms with E-state index in [2.05, 4.69) is 0 Å². The fourth-order valence-electron chi connectivity index (χ4n) is 1.18. The first-order valence-electron chi connectivity index (χ1n) is 4.74. The topological polar surface area (TPSA) is 29.5 Å². The summed E-state index contributed by atoms with van der Waals surface area (Å²) < 4.78 is 18.7. The molecule has 1 atom stereocenters. The van der Waals surface area contributed by atoms with Crippen LogP contribution in [0.3, 0.4) is 0 Å². The Balaban J connectivity index is 2.65. The second-order valence-electron chi connectivity index (χ2n) is 3.20. The van der Waals surface area contributed by atoms with Gasteiger partial charge in [-0.2, -0.15) is 11.8 Å². The number of ether oxygens (including phenoxy) is 1. The molecule has 0 bridgehead atoms.